The highest BCUT2D eigenvalue weighted by Crippen LogP contribution is 1.93. The Hall–Kier alpha value is -1.49. The van der Waals surface area contributed by atoms with Crippen LogP contribution in [0.15, 0.2) is 18.5 Å². The zero-order valence-electron chi connectivity index (χ0n) is 5.91. The number of rotatable bonds is 1. The number of aromatic nitrogens is 4. The largest absolute Gasteiger partial charge is 0.294 e. The van der Waals surface area contributed by atoms with Crippen LogP contribution in [-0.2, 0) is 0 Å². The molecule has 0 unspecified atom stereocenters. The lowest BCUT2D eigenvalue weighted by molar-refractivity contribution is 0.111. The highest BCUT2D eigenvalue weighted by molar-refractivity contribution is 5.85. The van der Waals surface area contributed by atoms with Crippen molar-refractivity contribution in [3.8, 4) is 0 Å². The first-order valence-corrected chi connectivity index (χ1v) is 3.03. The lowest BCUT2D eigenvalue weighted by Gasteiger charge is -1.83. The van der Waals surface area contributed by atoms with Crippen LogP contribution in [0.3, 0.4) is 0 Å². The molecule has 2 aromatic rings. The van der Waals surface area contributed by atoms with Crippen LogP contribution in [0.25, 0.3) is 5.78 Å². The van der Waals surface area contributed by atoms with Crippen molar-refractivity contribution in [3.63, 3.8) is 0 Å². The molecule has 0 aliphatic rings. The summed E-state index contributed by atoms with van der Waals surface area (Å²) in [6, 6.07) is 1.72. The van der Waals surface area contributed by atoms with Crippen molar-refractivity contribution in [2.45, 2.75) is 0 Å². The fourth-order valence-corrected chi connectivity index (χ4v) is 0.799. The van der Waals surface area contributed by atoms with Crippen molar-refractivity contribution in [1.82, 2.24) is 19.6 Å². The average Bonchev–Trinajstić information content (AvgIpc) is 2.46. The van der Waals surface area contributed by atoms with Crippen LogP contribution in [0, 0.1) is 0 Å². The smallest absolute Gasteiger partial charge is 0.252 e. The fraction of sp³-hybridized carbons (Fsp3) is 0. The van der Waals surface area contributed by atoms with E-state index >= 15 is 0 Å². The number of fused-ring (bicyclic) bond motifs is 1. The minimum absolute atomic E-state index is 0. The zero-order chi connectivity index (χ0) is 7.68. The number of hydrogen-bond donors (Lipinski definition) is 0. The molecule has 0 aliphatic carbocycles. The van der Waals surface area contributed by atoms with Gasteiger partial charge in [0.05, 0.1) is 0 Å². The van der Waals surface area contributed by atoms with Crippen molar-refractivity contribution in [1.29, 1.82) is 0 Å². The molecule has 6 heteroatoms. The Morgan fingerprint density at radius 1 is 1.50 bits per heavy atom. The zero-order valence-corrected chi connectivity index (χ0v) is 6.73. The van der Waals surface area contributed by atoms with Crippen LogP contribution in [-0.4, -0.2) is 25.9 Å². The highest BCUT2D eigenvalue weighted by Gasteiger charge is 1.99. The van der Waals surface area contributed by atoms with E-state index in [0.29, 0.717) is 12.1 Å². The van der Waals surface area contributed by atoms with Gasteiger partial charge in [-0.15, -0.1) is 17.5 Å². The molecule has 0 saturated heterocycles. The first-order chi connectivity index (χ1) is 5.40. The molecule has 0 radical (unpaired) electrons. The molecule has 0 N–H and O–H groups in total. The number of carbonyl (C=O) groups is 1. The van der Waals surface area contributed by atoms with Gasteiger partial charge in [0.15, 0.2) is 6.29 Å². The molecule has 2 aromatic heterocycles. The molecule has 0 aliphatic heterocycles. The van der Waals surface area contributed by atoms with E-state index in [4.69, 9.17) is 0 Å². The fourth-order valence-electron chi connectivity index (χ4n) is 0.799. The van der Waals surface area contributed by atoms with Crippen molar-refractivity contribution < 1.29 is 4.79 Å². The average molecular weight is 185 g/mol. The lowest BCUT2D eigenvalue weighted by Crippen LogP contribution is -1.87. The molecule has 12 heavy (non-hydrogen) atoms. The van der Waals surface area contributed by atoms with Crippen molar-refractivity contribution in [2.75, 3.05) is 0 Å². The summed E-state index contributed by atoms with van der Waals surface area (Å²) in [5.74, 6) is 0.596. The maximum absolute atomic E-state index is 10.2. The molecule has 2 heterocycles. The number of nitrogens with zero attached hydrogens (tertiary/aromatic N) is 4. The molecule has 0 atom stereocenters. The molecular weight excluding hydrogens is 180 g/mol. The number of aldehydes is 1. The molecule has 2 rings (SSSR count). The van der Waals surface area contributed by atoms with E-state index in [1.165, 1.54) is 4.52 Å². The summed E-state index contributed by atoms with van der Waals surface area (Å²) in [6.45, 7) is 0. The summed E-state index contributed by atoms with van der Waals surface area (Å²) in [4.78, 5) is 17.9. The second-order valence-electron chi connectivity index (χ2n) is 1.95. The Morgan fingerprint density at radius 3 is 3.00 bits per heavy atom. The van der Waals surface area contributed by atoms with E-state index in [0.717, 1.165) is 0 Å². The van der Waals surface area contributed by atoms with Gasteiger partial charge in [0.2, 0.25) is 5.82 Å². The molecule has 0 bridgehead atoms. The summed E-state index contributed by atoms with van der Waals surface area (Å²) in [5.41, 5.74) is 0. The predicted octanol–water partition coefficient (Wildman–Crippen LogP) is 0.359. The predicted molar refractivity (Wildman–Crippen MR) is 43.4 cm³/mol. The molecule has 0 spiro atoms. The third-order valence-corrected chi connectivity index (χ3v) is 1.24. The van der Waals surface area contributed by atoms with Crippen LogP contribution >= 0.6 is 12.4 Å². The van der Waals surface area contributed by atoms with Crippen LogP contribution in [0.4, 0.5) is 0 Å². The Morgan fingerprint density at radius 2 is 2.33 bits per heavy atom. The monoisotopic (exact) mass is 184 g/mol. The minimum atomic E-state index is 0. The summed E-state index contributed by atoms with van der Waals surface area (Å²) >= 11 is 0. The van der Waals surface area contributed by atoms with E-state index < -0.39 is 0 Å². The molecular formula is C6H5ClN4O. The van der Waals surface area contributed by atoms with E-state index in [-0.39, 0.29) is 18.2 Å². The van der Waals surface area contributed by atoms with Gasteiger partial charge in [-0.05, 0) is 6.07 Å². The first kappa shape index (κ1) is 8.61. The van der Waals surface area contributed by atoms with Crippen LogP contribution in [0.2, 0.25) is 0 Å². The summed E-state index contributed by atoms with van der Waals surface area (Å²) in [6.07, 6.45) is 3.87. The Bertz CT molecular complexity index is 366. The maximum Gasteiger partial charge on any atom is 0.252 e. The van der Waals surface area contributed by atoms with Crippen LogP contribution in [0.1, 0.15) is 10.6 Å². The first-order valence-electron chi connectivity index (χ1n) is 3.03. The Balaban J connectivity index is 0.000000720. The summed E-state index contributed by atoms with van der Waals surface area (Å²) < 4.78 is 1.45. The van der Waals surface area contributed by atoms with E-state index in [1.54, 1.807) is 18.5 Å². The molecule has 0 fully saturated rings. The Kier molecular flexibility index (Phi) is 2.35. The van der Waals surface area contributed by atoms with E-state index in [1.807, 2.05) is 0 Å². The van der Waals surface area contributed by atoms with Gasteiger partial charge in [0, 0.05) is 12.4 Å². The van der Waals surface area contributed by atoms with Gasteiger partial charge >= 0.3 is 0 Å². The molecule has 0 saturated carbocycles. The molecule has 0 amide bonds. The molecule has 0 aromatic carbocycles. The van der Waals surface area contributed by atoms with E-state index in [9.17, 15) is 4.79 Å². The van der Waals surface area contributed by atoms with E-state index in [2.05, 4.69) is 15.1 Å². The summed E-state index contributed by atoms with van der Waals surface area (Å²) in [7, 11) is 0. The molecule has 62 valence electrons. The van der Waals surface area contributed by atoms with Crippen LogP contribution in [0.5, 0.6) is 0 Å². The second kappa shape index (κ2) is 3.27. The van der Waals surface area contributed by atoms with Crippen molar-refractivity contribution in [3.05, 3.63) is 24.3 Å². The number of carbonyl (C=O) groups excluding carboxylic acids is 1. The van der Waals surface area contributed by atoms with Gasteiger partial charge in [-0.25, -0.2) is 9.50 Å². The standard InChI is InChI=1S/C6H4N4O.ClH/c11-4-5-8-6-7-2-1-3-10(6)9-5;/h1-4H;1H. The number of hydrogen-bond acceptors (Lipinski definition) is 4. The van der Waals surface area contributed by atoms with Crippen molar-refractivity contribution >= 4 is 24.5 Å². The van der Waals surface area contributed by atoms with Crippen molar-refractivity contribution in [2.24, 2.45) is 0 Å². The third kappa shape index (κ3) is 1.26. The van der Waals surface area contributed by atoms with Gasteiger partial charge in [0.25, 0.3) is 5.78 Å². The quantitative estimate of drug-likeness (QED) is 0.601. The normalized spacial score (nSPS) is 9.33. The SMILES string of the molecule is Cl.O=Cc1nc2ncccn2n1. The van der Waals surface area contributed by atoms with Gasteiger partial charge < -0.3 is 0 Å². The minimum Gasteiger partial charge on any atom is -0.294 e. The van der Waals surface area contributed by atoms with Crippen LogP contribution < -0.4 is 0 Å². The highest BCUT2D eigenvalue weighted by atomic mass is 35.5. The second-order valence-corrected chi connectivity index (χ2v) is 1.95. The third-order valence-electron chi connectivity index (χ3n) is 1.24. The lowest BCUT2D eigenvalue weighted by atomic mass is 10.7. The maximum atomic E-state index is 10.2. The topological polar surface area (TPSA) is 60.2 Å². The van der Waals surface area contributed by atoms with Gasteiger partial charge in [-0.1, -0.05) is 0 Å². The molecule has 5 nitrogen and oxygen atoms in total. The summed E-state index contributed by atoms with van der Waals surface area (Å²) in [5, 5.41) is 3.81. The Labute approximate surface area is 73.9 Å². The van der Waals surface area contributed by atoms with Gasteiger partial charge in [0.1, 0.15) is 0 Å². The number of halogens is 1. The van der Waals surface area contributed by atoms with Gasteiger partial charge in [-0.2, -0.15) is 4.98 Å². The van der Waals surface area contributed by atoms with Gasteiger partial charge in [-0.3, -0.25) is 4.79 Å².